The number of nitrogens with one attached hydrogen (secondary N) is 1. The molecular weight excluding hydrogens is 496 g/mol. The van der Waals surface area contributed by atoms with Crippen molar-refractivity contribution in [2.45, 2.75) is 24.0 Å². The monoisotopic (exact) mass is 526 g/mol. The van der Waals surface area contributed by atoms with Gasteiger partial charge in [-0.25, -0.2) is 8.42 Å². The van der Waals surface area contributed by atoms with Crippen LogP contribution in [0.3, 0.4) is 0 Å². The Hall–Kier alpha value is -3.76. The molecule has 1 saturated heterocycles. The highest BCUT2D eigenvalue weighted by Crippen LogP contribution is 2.30. The van der Waals surface area contributed by atoms with Gasteiger partial charge < -0.3 is 23.8 Å². The number of rotatable bonds is 9. The molecule has 1 amide bonds. The number of likely N-dealkylation sites (tertiary alicyclic amines) is 1. The van der Waals surface area contributed by atoms with Crippen molar-refractivity contribution in [3.05, 3.63) is 77.9 Å². The van der Waals surface area contributed by atoms with E-state index in [1.165, 1.54) is 20.3 Å². The number of hydrogen-bond donors (Lipinski definition) is 1. The Balaban J connectivity index is 1.50. The van der Waals surface area contributed by atoms with Crippen LogP contribution in [0.4, 0.5) is 5.69 Å². The number of amides is 1. The molecule has 3 aromatic rings. The average molecular weight is 527 g/mol. The molecule has 196 valence electrons. The highest BCUT2D eigenvalue weighted by atomic mass is 32.2. The number of carbonyl (C=O) groups is 1. The topological polar surface area (TPSA) is 103 Å². The first-order valence-electron chi connectivity index (χ1n) is 11.7. The highest BCUT2D eigenvalue weighted by Gasteiger charge is 2.38. The Labute approximate surface area is 217 Å². The number of carbonyl (C=O) groups excluding carboxylic acids is 1. The zero-order chi connectivity index (χ0) is 26.6. The van der Waals surface area contributed by atoms with Crippen molar-refractivity contribution in [2.24, 2.45) is 0 Å². The minimum Gasteiger partial charge on any atom is -0.496 e. The fourth-order valence-electron chi connectivity index (χ4n) is 4.35. The molecule has 3 aromatic carbocycles. The van der Waals surface area contributed by atoms with Gasteiger partial charge >= 0.3 is 0 Å². The second-order valence-corrected chi connectivity index (χ2v) is 10.2. The first-order chi connectivity index (χ1) is 17.8. The summed E-state index contributed by atoms with van der Waals surface area (Å²) < 4.78 is 50.9. The van der Waals surface area contributed by atoms with Gasteiger partial charge in [0, 0.05) is 13.2 Å². The molecule has 2 atom stereocenters. The van der Waals surface area contributed by atoms with Crippen molar-refractivity contribution in [3.63, 3.8) is 0 Å². The summed E-state index contributed by atoms with van der Waals surface area (Å²) in [5.74, 6) is 1.03. The third-order valence-corrected chi connectivity index (χ3v) is 7.63. The molecule has 0 aromatic heterocycles. The van der Waals surface area contributed by atoms with Gasteiger partial charge in [0.05, 0.1) is 38.6 Å². The van der Waals surface area contributed by atoms with E-state index in [1.54, 1.807) is 60.5 Å². The van der Waals surface area contributed by atoms with E-state index < -0.39 is 16.1 Å². The number of anilines is 1. The van der Waals surface area contributed by atoms with Crippen LogP contribution < -0.4 is 18.9 Å². The third-order valence-electron chi connectivity index (χ3n) is 6.21. The Kier molecular flexibility index (Phi) is 7.89. The summed E-state index contributed by atoms with van der Waals surface area (Å²) in [6.45, 7) is 2.51. The standard InChI is InChI=1S/C27H30N2O7S/c1-18-9-7-13-22(34-3)26(18)27(30)29-16-23(35-4)24(17-29)36-20-11-8-10-19(15-20)28-37(31,32)25-14-6-5-12-21(25)33-2/h5-15,23-24,28H,16-17H2,1-4H3/t23-,24-/m1/s1. The maximum Gasteiger partial charge on any atom is 0.265 e. The van der Waals surface area contributed by atoms with Gasteiger partial charge in [-0.05, 0) is 42.8 Å². The van der Waals surface area contributed by atoms with Gasteiger partial charge in [0.15, 0.2) is 0 Å². The summed E-state index contributed by atoms with van der Waals surface area (Å²) in [5.41, 5.74) is 1.65. The van der Waals surface area contributed by atoms with E-state index >= 15 is 0 Å². The van der Waals surface area contributed by atoms with Crippen molar-refractivity contribution in [1.82, 2.24) is 4.90 Å². The lowest BCUT2D eigenvalue weighted by molar-refractivity contribution is 0.0340. The number of benzene rings is 3. The van der Waals surface area contributed by atoms with Crippen LogP contribution >= 0.6 is 0 Å². The SMILES string of the molecule is COc1ccccc1S(=O)(=O)Nc1cccc(O[C@@H]2CN(C(=O)c3c(C)cccc3OC)C[C@H]2OC)c1. The Morgan fingerprint density at radius 2 is 1.57 bits per heavy atom. The van der Waals surface area contributed by atoms with E-state index in [0.29, 0.717) is 35.8 Å². The normalized spacial score (nSPS) is 17.4. The predicted molar refractivity (Wildman–Crippen MR) is 139 cm³/mol. The van der Waals surface area contributed by atoms with Gasteiger partial charge in [-0.3, -0.25) is 9.52 Å². The van der Waals surface area contributed by atoms with Crippen molar-refractivity contribution in [2.75, 3.05) is 39.1 Å². The molecule has 1 aliphatic rings. The maximum atomic E-state index is 13.4. The first-order valence-corrected chi connectivity index (χ1v) is 13.1. The summed E-state index contributed by atoms with van der Waals surface area (Å²) in [4.78, 5) is 15.1. The molecule has 0 aliphatic carbocycles. The van der Waals surface area contributed by atoms with Crippen molar-refractivity contribution >= 4 is 21.6 Å². The fraction of sp³-hybridized carbons (Fsp3) is 0.296. The largest absolute Gasteiger partial charge is 0.496 e. The van der Waals surface area contributed by atoms with Crippen LogP contribution in [0.25, 0.3) is 0 Å². The molecule has 0 bridgehead atoms. The van der Waals surface area contributed by atoms with E-state index in [9.17, 15) is 13.2 Å². The Morgan fingerprint density at radius 3 is 2.30 bits per heavy atom. The quantitative estimate of drug-likeness (QED) is 0.453. The number of ether oxygens (including phenoxy) is 4. The van der Waals surface area contributed by atoms with Gasteiger partial charge in [0.25, 0.3) is 15.9 Å². The third kappa shape index (κ3) is 5.65. The molecule has 10 heteroatoms. The van der Waals surface area contributed by atoms with Gasteiger partial charge in [-0.2, -0.15) is 0 Å². The molecule has 0 radical (unpaired) electrons. The number of methoxy groups -OCH3 is 3. The summed E-state index contributed by atoms with van der Waals surface area (Å²) in [6.07, 6.45) is -0.821. The molecule has 9 nitrogen and oxygen atoms in total. The summed E-state index contributed by atoms with van der Waals surface area (Å²) in [6, 6.07) is 18.5. The molecule has 1 N–H and O–H groups in total. The van der Waals surface area contributed by atoms with Crippen molar-refractivity contribution in [3.8, 4) is 17.2 Å². The van der Waals surface area contributed by atoms with Crippen molar-refractivity contribution < 1.29 is 32.2 Å². The first kappa shape index (κ1) is 26.3. The number of sulfonamides is 1. The van der Waals surface area contributed by atoms with Crippen molar-refractivity contribution in [1.29, 1.82) is 0 Å². The molecule has 1 aliphatic heterocycles. The zero-order valence-corrected chi connectivity index (χ0v) is 21.9. The fourth-order valence-corrected chi connectivity index (χ4v) is 5.57. The summed E-state index contributed by atoms with van der Waals surface area (Å²) >= 11 is 0. The number of nitrogens with zero attached hydrogens (tertiary/aromatic N) is 1. The molecule has 37 heavy (non-hydrogen) atoms. The number of para-hydroxylation sites is 1. The Bertz CT molecular complexity index is 1380. The Morgan fingerprint density at radius 1 is 0.892 bits per heavy atom. The highest BCUT2D eigenvalue weighted by molar-refractivity contribution is 7.92. The lowest BCUT2D eigenvalue weighted by Gasteiger charge is -2.20. The van der Waals surface area contributed by atoms with Crippen LogP contribution in [0.5, 0.6) is 17.2 Å². The van der Waals surface area contributed by atoms with Gasteiger partial charge in [-0.15, -0.1) is 0 Å². The second-order valence-electron chi connectivity index (χ2n) is 8.58. The molecule has 1 heterocycles. The second kappa shape index (κ2) is 11.1. The lowest BCUT2D eigenvalue weighted by atomic mass is 10.1. The van der Waals surface area contributed by atoms with Crippen LogP contribution in [-0.2, 0) is 14.8 Å². The van der Waals surface area contributed by atoms with E-state index in [4.69, 9.17) is 18.9 Å². The van der Waals surface area contributed by atoms with E-state index in [-0.39, 0.29) is 22.7 Å². The van der Waals surface area contributed by atoms with Crippen LogP contribution in [-0.4, -0.2) is 65.9 Å². The lowest BCUT2D eigenvalue weighted by Crippen LogP contribution is -2.32. The average Bonchev–Trinajstić information content (AvgIpc) is 3.30. The molecule has 0 saturated carbocycles. The summed E-state index contributed by atoms with van der Waals surface area (Å²) in [5, 5.41) is 0. The van der Waals surface area contributed by atoms with Gasteiger partial charge in [-0.1, -0.05) is 30.3 Å². The molecular formula is C27H30N2O7S. The maximum absolute atomic E-state index is 13.4. The number of aryl methyl sites for hydroxylation is 1. The van der Waals surface area contributed by atoms with Crippen LogP contribution in [0.1, 0.15) is 15.9 Å². The van der Waals surface area contributed by atoms with Crippen LogP contribution in [0, 0.1) is 6.92 Å². The van der Waals surface area contributed by atoms with Crippen LogP contribution in [0.15, 0.2) is 71.6 Å². The molecule has 0 unspecified atom stereocenters. The minimum atomic E-state index is -3.90. The predicted octanol–water partition coefficient (Wildman–Crippen LogP) is 3.73. The summed E-state index contributed by atoms with van der Waals surface area (Å²) in [7, 11) is 0.626. The molecule has 1 fully saturated rings. The van der Waals surface area contributed by atoms with E-state index in [2.05, 4.69) is 4.72 Å². The smallest absolute Gasteiger partial charge is 0.265 e. The minimum absolute atomic E-state index is 0.0276. The van der Waals surface area contributed by atoms with Gasteiger partial charge in [0.2, 0.25) is 0 Å². The zero-order valence-electron chi connectivity index (χ0n) is 21.1. The molecule has 4 rings (SSSR count). The molecule has 0 spiro atoms. The number of hydrogen-bond acceptors (Lipinski definition) is 7. The van der Waals surface area contributed by atoms with Crippen LogP contribution in [0.2, 0.25) is 0 Å². The van der Waals surface area contributed by atoms with E-state index in [1.807, 2.05) is 19.1 Å². The van der Waals surface area contributed by atoms with Gasteiger partial charge in [0.1, 0.15) is 34.4 Å². The van der Waals surface area contributed by atoms with E-state index in [0.717, 1.165) is 5.56 Å².